The Bertz CT molecular complexity index is 1350. The van der Waals surface area contributed by atoms with Crippen molar-refractivity contribution in [2.45, 2.75) is 46.6 Å². The monoisotopic (exact) mass is 507 g/mol. The van der Waals surface area contributed by atoms with Gasteiger partial charge in [0.15, 0.2) is 11.5 Å². The number of anilines is 1. The molecular formula is C27H29N3O5S. The van der Waals surface area contributed by atoms with Crippen LogP contribution in [0.25, 0.3) is 5.76 Å². The fourth-order valence-corrected chi connectivity index (χ4v) is 4.88. The number of ketones is 1. The Kier molecular flexibility index (Phi) is 7.40. The number of rotatable bonds is 8. The predicted octanol–water partition coefficient (Wildman–Crippen LogP) is 5.28. The molecule has 3 aromatic rings. The molecule has 2 heterocycles. The largest absolute Gasteiger partial charge is 0.507 e. The molecule has 1 fully saturated rings. The zero-order chi connectivity index (χ0) is 26.0. The molecule has 9 heteroatoms. The van der Waals surface area contributed by atoms with E-state index in [9.17, 15) is 14.7 Å². The molecule has 1 amide bonds. The lowest BCUT2D eigenvalue weighted by Crippen LogP contribution is -2.29. The Morgan fingerprint density at radius 3 is 2.53 bits per heavy atom. The molecule has 8 nitrogen and oxygen atoms in total. The minimum absolute atomic E-state index is 0.0109. The normalized spacial score (nSPS) is 17.0. The highest BCUT2D eigenvalue weighted by atomic mass is 32.1. The van der Waals surface area contributed by atoms with Gasteiger partial charge < -0.3 is 14.6 Å². The summed E-state index contributed by atoms with van der Waals surface area (Å²) in [6.07, 6.45) is 1.89. The van der Waals surface area contributed by atoms with Crippen LogP contribution >= 0.6 is 11.3 Å². The van der Waals surface area contributed by atoms with Crippen LogP contribution in [-0.4, -0.2) is 40.7 Å². The number of carbonyl (C=O) groups excluding carboxylic acids is 2. The van der Waals surface area contributed by atoms with Crippen molar-refractivity contribution in [3.63, 3.8) is 0 Å². The average Bonchev–Trinajstić information content (AvgIpc) is 3.40. The molecule has 1 aliphatic heterocycles. The molecule has 0 saturated carbocycles. The summed E-state index contributed by atoms with van der Waals surface area (Å²) in [6.45, 7) is 8.14. The lowest BCUT2D eigenvalue weighted by Gasteiger charge is -2.23. The Labute approximate surface area is 214 Å². The highest BCUT2D eigenvalue weighted by Crippen LogP contribution is 2.45. The Morgan fingerprint density at radius 2 is 1.86 bits per heavy atom. The minimum Gasteiger partial charge on any atom is -0.507 e. The molecular weight excluding hydrogens is 478 g/mol. The van der Waals surface area contributed by atoms with E-state index in [-0.39, 0.29) is 16.5 Å². The van der Waals surface area contributed by atoms with Crippen molar-refractivity contribution in [3.8, 4) is 11.5 Å². The summed E-state index contributed by atoms with van der Waals surface area (Å²) in [7, 11) is 1.53. The van der Waals surface area contributed by atoms with Gasteiger partial charge in [0, 0.05) is 5.56 Å². The van der Waals surface area contributed by atoms with E-state index in [1.165, 1.54) is 23.3 Å². The maximum atomic E-state index is 13.4. The van der Waals surface area contributed by atoms with E-state index in [1.807, 2.05) is 26.0 Å². The molecule has 1 atom stereocenters. The van der Waals surface area contributed by atoms with Gasteiger partial charge in [-0.15, -0.1) is 10.2 Å². The molecule has 2 aromatic carbocycles. The molecule has 188 valence electrons. The van der Waals surface area contributed by atoms with Crippen molar-refractivity contribution in [1.29, 1.82) is 0 Å². The molecule has 0 radical (unpaired) electrons. The number of benzene rings is 2. The molecule has 0 aliphatic carbocycles. The number of aromatic nitrogens is 2. The van der Waals surface area contributed by atoms with Crippen molar-refractivity contribution >= 4 is 33.9 Å². The third kappa shape index (κ3) is 4.70. The molecule has 0 spiro atoms. The Balaban J connectivity index is 1.91. The third-order valence-corrected chi connectivity index (χ3v) is 6.91. The SMILES string of the molecule is CCCCOc1ccc(C2/C(=C(\O)c3cc(C)ccc3C)C(=O)C(=O)N2c2nnc(C)s2)cc1OC. The molecule has 1 N–H and O–H groups in total. The summed E-state index contributed by atoms with van der Waals surface area (Å²) in [5, 5.41) is 20.5. The first-order valence-corrected chi connectivity index (χ1v) is 12.6. The molecule has 4 rings (SSSR count). The molecule has 0 bridgehead atoms. The van der Waals surface area contributed by atoms with E-state index in [1.54, 1.807) is 31.2 Å². The summed E-state index contributed by atoms with van der Waals surface area (Å²) < 4.78 is 11.4. The van der Waals surface area contributed by atoms with Gasteiger partial charge in [0.2, 0.25) is 5.13 Å². The van der Waals surface area contributed by atoms with Crippen LogP contribution in [0.1, 0.15) is 53.1 Å². The van der Waals surface area contributed by atoms with Gasteiger partial charge in [0.05, 0.1) is 25.3 Å². The lowest BCUT2D eigenvalue weighted by molar-refractivity contribution is -0.132. The van der Waals surface area contributed by atoms with Gasteiger partial charge in [-0.1, -0.05) is 48.4 Å². The lowest BCUT2D eigenvalue weighted by atomic mass is 9.93. The van der Waals surface area contributed by atoms with Crippen LogP contribution in [0.4, 0.5) is 5.13 Å². The summed E-state index contributed by atoms with van der Waals surface area (Å²) in [4.78, 5) is 28.0. The van der Waals surface area contributed by atoms with E-state index in [2.05, 4.69) is 17.1 Å². The van der Waals surface area contributed by atoms with Crippen molar-refractivity contribution in [2.24, 2.45) is 0 Å². The first kappa shape index (κ1) is 25.4. The molecule has 1 saturated heterocycles. The number of aliphatic hydroxyl groups excluding tert-OH is 1. The molecule has 36 heavy (non-hydrogen) atoms. The van der Waals surface area contributed by atoms with E-state index in [0.29, 0.717) is 34.2 Å². The maximum Gasteiger partial charge on any atom is 0.301 e. The average molecular weight is 508 g/mol. The van der Waals surface area contributed by atoms with E-state index in [4.69, 9.17) is 9.47 Å². The van der Waals surface area contributed by atoms with Gasteiger partial charge in [-0.05, 0) is 56.5 Å². The fourth-order valence-electron chi connectivity index (χ4n) is 4.16. The van der Waals surface area contributed by atoms with Gasteiger partial charge in [-0.3, -0.25) is 14.5 Å². The molecule has 1 aromatic heterocycles. The number of Topliss-reactive ketones (excluding diaryl/α,β-unsaturated/α-hetero) is 1. The van der Waals surface area contributed by atoms with Crippen LogP contribution in [0.3, 0.4) is 0 Å². The third-order valence-electron chi connectivity index (χ3n) is 6.07. The van der Waals surface area contributed by atoms with E-state index in [0.717, 1.165) is 24.0 Å². The van der Waals surface area contributed by atoms with Crippen LogP contribution < -0.4 is 14.4 Å². The second kappa shape index (κ2) is 10.5. The smallest absolute Gasteiger partial charge is 0.301 e. The Morgan fingerprint density at radius 1 is 1.08 bits per heavy atom. The molecule has 1 unspecified atom stereocenters. The van der Waals surface area contributed by atoms with Crippen molar-refractivity contribution in [3.05, 3.63) is 69.2 Å². The highest BCUT2D eigenvalue weighted by Gasteiger charge is 2.48. The number of ether oxygens (including phenoxy) is 2. The van der Waals surface area contributed by atoms with Gasteiger partial charge in [0.1, 0.15) is 10.8 Å². The molecule has 1 aliphatic rings. The summed E-state index contributed by atoms with van der Waals surface area (Å²) in [6, 6.07) is 9.94. The van der Waals surface area contributed by atoms with Gasteiger partial charge in [-0.25, -0.2) is 0 Å². The quantitative estimate of drug-likeness (QED) is 0.192. The number of unbranched alkanes of at least 4 members (excludes halogenated alkanes) is 1. The first-order valence-electron chi connectivity index (χ1n) is 11.8. The number of nitrogens with zero attached hydrogens (tertiary/aromatic N) is 3. The minimum atomic E-state index is -0.921. The van der Waals surface area contributed by atoms with Crippen LogP contribution in [-0.2, 0) is 9.59 Å². The van der Waals surface area contributed by atoms with Crippen LogP contribution in [0.5, 0.6) is 11.5 Å². The van der Waals surface area contributed by atoms with Gasteiger partial charge >= 0.3 is 5.91 Å². The van der Waals surface area contributed by atoms with Crippen molar-refractivity contribution < 1.29 is 24.2 Å². The number of aliphatic hydroxyl groups is 1. The maximum absolute atomic E-state index is 13.4. The Hall–Kier alpha value is -3.72. The van der Waals surface area contributed by atoms with Gasteiger partial charge in [0.25, 0.3) is 5.78 Å². The van der Waals surface area contributed by atoms with E-state index < -0.39 is 17.7 Å². The van der Waals surface area contributed by atoms with Gasteiger partial charge in [-0.2, -0.15) is 0 Å². The number of hydrogen-bond acceptors (Lipinski definition) is 8. The number of aryl methyl sites for hydroxylation is 3. The second-order valence-electron chi connectivity index (χ2n) is 8.70. The van der Waals surface area contributed by atoms with Crippen LogP contribution in [0.15, 0.2) is 42.0 Å². The number of methoxy groups -OCH3 is 1. The number of hydrogen-bond donors (Lipinski definition) is 1. The van der Waals surface area contributed by atoms with Crippen molar-refractivity contribution in [1.82, 2.24) is 10.2 Å². The summed E-state index contributed by atoms with van der Waals surface area (Å²) in [5.74, 6) is -0.758. The van der Waals surface area contributed by atoms with Crippen LogP contribution in [0, 0.1) is 20.8 Å². The van der Waals surface area contributed by atoms with Crippen LogP contribution in [0.2, 0.25) is 0 Å². The highest BCUT2D eigenvalue weighted by molar-refractivity contribution is 7.15. The zero-order valence-electron chi connectivity index (χ0n) is 21.0. The predicted molar refractivity (Wildman–Crippen MR) is 139 cm³/mol. The number of carbonyl (C=O) groups is 2. The number of amides is 1. The summed E-state index contributed by atoms with van der Waals surface area (Å²) in [5.41, 5.74) is 2.77. The fraction of sp³-hybridized carbons (Fsp3) is 0.333. The second-order valence-corrected chi connectivity index (χ2v) is 9.86. The first-order chi connectivity index (χ1) is 17.3. The van der Waals surface area contributed by atoms with E-state index >= 15 is 0 Å². The zero-order valence-corrected chi connectivity index (χ0v) is 21.8. The topological polar surface area (TPSA) is 102 Å². The standard InChI is InChI=1S/C27H29N3O5S/c1-6-7-12-35-20-11-10-18(14-21(20)34-5)23-22(24(31)19-13-15(2)8-9-16(19)3)25(32)26(33)30(23)27-29-28-17(4)36-27/h8-11,13-14,23,31H,6-7,12H2,1-5H3/b24-22+. The summed E-state index contributed by atoms with van der Waals surface area (Å²) >= 11 is 1.20. The van der Waals surface area contributed by atoms with Crippen molar-refractivity contribution in [2.75, 3.05) is 18.6 Å².